The van der Waals surface area contributed by atoms with Crippen LogP contribution in [0.5, 0.6) is 5.75 Å². The van der Waals surface area contributed by atoms with Gasteiger partial charge in [0.25, 0.3) is 0 Å². The van der Waals surface area contributed by atoms with Gasteiger partial charge >= 0.3 is 0 Å². The number of carbonyl (C=O) groups is 1. The van der Waals surface area contributed by atoms with Crippen molar-refractivity contribution >= 4 is 11.6 Å². The average molecular weight is 326 g/mol. The fourth-order valence-electron chi connectivity index (χ4n) is 2.75. The first-order chi connectivity index (χ1) is 11.7. The average Bonchev–Trinajstić information content (AvgIpc) is 2.62. The van der Waals surface area contributed by atoms with Gasteiger partial charge in [-0.15, -0.1) is 0 Å². The Hall–Kier alpha value is -2.33. The summed E-state index contributed by atoms with van der Waals surface area (Å²) >= 11 is 0. The smallest absolute Gasteiger partial charge is 0.238 e. The van der Waals surface area contributed by atoms with Gasteiger partial charge in [0.1, 0.15) is 5.75 Å². The monoisotopic (exact) mass is 326 g/mol. The number of anilines is 1. The minimum atomic E-state index is -0.0273. The van der Waals surface area contributed by atoms with E-state index in [-0.39, 0.29) is 12.5 Å². The Morgan fingerprint density at radius 2 is 1.58 bits per heavy atom. The second kappa shape index (κ2) is 9.08. The zero-order valence-electron chi connectivity index (χ0n) is 14.7. The molecule has 0 aliphatic rings. The summed E-state index contributed by atoms with van der Waals surface area (Å²) in [6.07, 6.45) is 1.80. The first-order valence-electron chi connectivity index (χ1n) is 8.42. The van der Waals surface area contributed by atoms with Gasteiger partial charge in [0.15, 0.2) is 0 Å². The van der Waals surface area contributed by atoms with Crippen LogP contribution in [0.3, 0.4) is 0 Å². The van der Waals surface area contributed by atoms with Crippen LogP contribution in [0, 0.1) is 0 Å². The highest BCUT2D eigenvalue weighted by molar-refractivity contribution is 5.93. The fraction of sp³-hybridized carbons (Fsp3) is 0.350. The minimum absolute atomic E-state index is 0.0273. The van der Waals surface area contributed by atoms with E-state index in [9.17, 15) is 4.79 Å². The summed E-state index contributed by atoms with van der Waals surface area (Å²) in [6.45, 7) is 5.06. The van der Waals surface area contributed by atoms with E-state index in [1.165, 1.54) is 11.1 Å². The standard InChI is InChI=1S/C20H26N2O2/c1-4-15-10-8-11-16(5-2)20(15)22-19(23)14-21-13-17-9-6-7-12-18(17)24-3/h6-12,21H,4-5,13-14H2,1-3H3,(H,22,23). The largest absolute Gasteiger partial charge is 0.496 e. The summed E-state index contributed by atoms with van der Waals surface area (Å²) in [5.74, 6) is 0.801. The van der Waals surface area contributed by atoms with E-state index >= 15 is 0 Å². The highest BCUT2D eigenvalue weighted by atomic mass is 16.5. The SMILES string of the molecule is CCc1cccc(CC)c1NC(=O)CNCc1ccccc1OC. The summed E-state index contributed by atoms with van der Waals surface area (Å²) < 4.78 is 5.32. The minimum Gasteiger partial charge on any atom is -0.496 e. The second-order valence-electron chi connectivity index (χ2n) is 5.62. The molecule has 0 saturated heterocycles. The first kappa shape index (κ1) is 18.0. The van der Waals surface area contributed by atoms with Crippen molar-refractivity contribution in [1.29, 1.82) is 0 Å². The molecule has 0 fully saturated rings. The molecule has 0 spiro atoms. The molecule has 0 aliphatic heterocycles. The highest BCUT2D eigenvalue weighted by Crippen LogP contribution is 2.22. The maximum absolute atomic E-state index is 12.3. The van der Waals surface area contributed by atoms with E-state index < -0.39 is 0 Å². The Bertz CT molecular complexity index is 661. The third-order valence-corrected chi connectivity index (χ3v) is 4.06. The zero-order chi connectivity index (χ0) is 17.4. The van der Waals surface area contributed by atoms with Gasteiger partial charge in [0.2, 0.25) is 5.91 Å². The van der Waals surface area contributed by atoms with E-state index in [1.54, 1.807) is 7.11 Å². The van der Waals surface area contributed by atoms with E-state index in [0.29, 0.717) is 6.54 Å². The molecule has 0 aliphatic carbocycles. The summed E-state index contributed by atoms with van der Waals surface area (Å²) in [6, 6.07) is 14.0. The molecule has 2 aromatic rings. The van der Waals surface area contributed by atoms with Gasteiger partial charge in [-0.2, -0.15) is 0 Å². The number of hydrogen-bond acceptors (Lipinski definition) is 3. The molecule has 0 atom stereocenters. The maximum Gasteiger partial charge on any atom is 0.238 e. The molecule has 0 saturated carbocycles. The summed E-state index contributed by atoms with van der Waals surface area (Å²) in [5.41, 5.74) is 4.35. The predicted octanol–water partition coefficient (Wildman–Crippen LogP) is 3.55. The number of carbonyl (C=O) groups excluding carboxylic acids is 1. The number of hydrogen-bond donors (Lipinski definition) is 2. The molecule has 4 nitrogen and oxygen atoms in total. The molecule has 0 unspecified atom stereocenters. The lowest BCUT2D eigenvalue weighted by Crippen LogP contribution is -2.28. The van der Waals surface area contributed by atoms with Crippen LogP contribution in [0.25, 0.3) is 0 Å². The topological polar surface area (TPSA) is 50.4 Å². The summed E-state index contributed by atoms with van der Waals surface area (Å²) in [4.78, 5) is 12.3. The van der Waals surface area contributed by atoms with Gasteiger partial charge in [0, 0.05) is 17.8 Å². The van der Waals surface area contributed by atoms with Crippen molar-refractivity contribution in [2.24, 2.45) is 0 Å². The molecule has 0 aromatic heterocycles. The Labute approximate surface area is 144 Å². The number of ether oxygens (including phenoxy) is 1. The van der Waals surface area contributed by atoms with E-state index in [2.05, 4.69) is 36.6 Å². The molecule has 128 valence electrons. The fourth-order valence-corrected chi connectivity index (χ4v) is 2.75. The van der Waals surface area contributed by atoms with Crippen LogP contribution < -0.4 is 15.4 Å². The molecule has 0 bridgehead atoms. The van der Waals surface area contributed by atoms with Crippen molar-refractivity contribution in [2.45, 2.75) is 33.2 Å². The Kier molecular flexibility index (Phi) is 6.82. The van der Waals surface area contributed by atoms with Gasteiger partial charge in [-0.05, 0) is 30.0 Å². The Balaban J connectivity index is 1.95. The summed E-state index contributed by atoms with van der Waals surface area (Å²) in [7, 11) is 1.65. The lowest BCUT2D eigenvalue weighted by Gasteiger charge is -2.15. The van der Waals surface area contributed by atoms with Crippen LogP contribution in [-0.4, -0.2) is 19.6 Å². The molecule has 2 rings (SSSR count). The molecule has 1 amide bonds. The quantitative estimate of drug-likeness (QED) is 0.780. The molecule has 2 aromatic carbocycles. The van der Waals surface area contributed by atoms with Crippen molar-refractivity contribution < 1.29 is 9.53 Å². The van der Waals surface area contributed by atoms with E-state index in [4.69, 9.17) is 4.74 Å². The normalized spacial score (nSPS) is 10.5. The van der Waals surface area contributed by atoms with Crippen molar-refractivity contribution in [3.8, 4) is 5.75 Å². The van der Waals surface area contributed by atoms with Crippen LogP contribution in [0.1, 0.15) is 30.5 Å². The number of benzene rings is 2. The lowest BCUT2D eigenvalue weighted by molar-refractivity contribution is -0.115. The van der Waals surface area contributed by atoms with Crippen molar-refractivity contribution in [2.75, 3.05) is 19.0 Å². The van der Waals surface area contributed by atoms with Gasteiger partial charge in [0.05, 0.1) is 13.7 Å². The first-order valence-corrected chi connectivity index (χ1v) is 8.42. The molecule has 0 radical (unpaired) electrons. The predicted molar refractivity (Wildman–Crippen MR) is 98.5 cm³/mol. The number of methoxy groups -OCH3 is 1. The van der Waals surface area contributed by atoms with Crippen molar-refractivity contribution in [3.63, 3.8) is 0 Å². The van der Waals surface area contributed by atoms with Crippen LogP contribution in [0.2, 0.25) is 0 Å². The lowest BCUT2D eigenvalue weighted by atomic mass is 10.0. The Morgan fingerprint density at radius 3 is 2.21 bits per heavy atom. The van der Waals surface area contributed by atoms with E-state index in [1.807, 2.05) is 30.3 Å². The van der Waals surface area contributed by atoms with Crippen LogP contribution in [0.4, 0.5) is 5.69 Å². The van der Waals surface area contributed by atoms with Crippen LogP contribution in [0.15, 0.2) is 42.5 Å². The molecule has 24 heavy (non-hydrogen) atoms. The second-order valence-corrected chi connectivity index (χ2v) is 5.62. The Morgan fingerprint density at radius 1 is 0.958 bits per heavy atom. The van der Waals surface area contributed by atoms with Crippen molar-refractivity contribution in [3.05, 3.63) is 59.2 Å². The number of amides is 1. The zero-order valence-corrected chi connectivity index (χ0v) is 14.7. The van der Waals surface area contributed by atoms with Crippen LogP contribution >= 0.6 is 0 Å². The third kappa shape index (κ3) is 4.59. The molecule has 2 N–H and O–H groups in total. The third-order valence-electron chi connectivity index (χ3n) is 4.06. The molecule has 0 heterocycles. The van der Waals surface area contributed by atoms with E-state index in [0.717, 1.165) is 29.8 Å². The molecular weight excluding hydrogens is 300 g/mol. The van der Waals surface area contributed by atoms with Crippen LogP contribution in [-0.2, 0) is 24.2 Å². The summed E-state index contributed by atoms with van der Waals surface area (Å²) in [5, 5.41) is 6.24. The van der Waals surface area contributed by atoms with Gasteiger partial charge in [-0.1, -0.05) is 50.2 Å². The highest BCUT2D eigenvalue weighted by Gasteiger charge is 2.10. The number of aryl methyl sites for hydroxylation is 2. The number of nitrogens with one attached hydrogen (secondary N) is 2. The molecular formula is C20H26N2O2. The molecule has 4 heteroatoms. The van der Waals surface area contributed by atoms with Crippen molar-refractivity contribution in [1.82, 2.24) is 5.32 Å². The van der Waals surface area contributed by atoms with Gasteiger partial charge in [-0.25, -0.2) is 0 Å². The maximum atomic E-state index is 12.3. The number of rotatable bonds is 8. The van der Waals surface area contributed by atoms with Gasteiger partial charge < -0.3 is 15.4 Å². The van der Waals surface area contributed by atoms with Gasteiger partial charge in [-0.3, -0.25) is 4.79 Å². The number of para-hydroxylation sites is 2.